The zero-order chi connectivity index (χ0) is 16.8. The van der Waals surface area contributed by atoms with Crippen LogP contribution in [0.1, 0.15) is 35.8 Å². The molecule has 0 heterocycles. The fourth-order valence-electron chi connectivity index (χ4n) is 2.41. The first-order chi connectivity index (χ1) is 11.0. The Labute approximate surface area is 137 Å². The average molecular weight is 313 g/mol. The second-order valence-electron chi connectivity index (χ2n) is 5.70. The lowest BCUT2D eigenvalue weighted by Gasteiger charge is -2.23. The summed E-state index contributed by atoms with van der Waals surface area (Å²) in [5.41, 5.74) is 1.67. The van der Waals surface area contributed by atoms with E-state index in [1.165, 1.54) is 0 Å². The van der Waals surface area contributed by atoms with Crippen LogP contribution in [0.2, 0.25) is 0 Å². The predicted molar refractivity (Wildman–Crippen MR) is 91.0 cm³/mol. The highest BCUT2D eigenvalue weighted by atomic mass is 16.5. The standard InChI is InChI=1S/C19H23NO3/c1-13(2)18(14-5-9-16(22-3)10-6-14)20-19(21)15-7-11-17(23-4)12-8-15/h5-13,18H,1-4H3,(H,20,21). The molecule has 0 saturated heterocycles. The van der Waals surface area contributed by atoms with E-state index in [1.807, 2.05) is 24.3 Å². The van der Waals surface area contributed by atoms with E-state index in [4.69, 9.17) is 9.47 Å². The van der Waals surface area contributed by atoms with Gasteiger partial charge in [-0.15, -0.1) is 0 Å². The number of rotatable bonds is 6. The second-order valence-corrected chi connectivity index (χ2v) is 5.70. The van der Waals surface area contributed by atoms with Gasteiger partial charge in [0, 0.05) is 5.56 Å². The lowest BCUT2D eigenvalue weighted by atomic mass is 9.95. The van der Waals surface area contributed by atoms with Gasteiger partial charge in [0.15, 0.2) is 0 Å². The molecule has 0 aromatic heterocycles. The number of nitrogens with one attached hydrogen (secondary N) is 1. The smallest absolute Gasteiger partial charge is 0.251 e. The van der Waals surface area contributed by atoms with E-state index < -0.39 is 0 Å². The fourth-order valence-corrected chi connectivity index (χ4v) is 2.41. The highest BCUT2D eigenvalue weighted by Crippen LogP contribution is 2.24. The van der Waals surface area contributed by atoms with Crippen LogP contribution in [0.4, 0.5) is 0 Å². The highest BCUT2D eigenvalue weighted by Gasteiger charge is 2.19. The predicted octanol–water partition coefficient (Wildman–Crippen LogP) is 3.83. The van der Waals surface area contributed by atoms with Gasteiger partial charge < -0.3 is 14.8 Å². The summed E-state index contributed by atoms with van der Waals surface area (Å²) in [6.45, 7) is 4.17. The molecular weight excluding hydrogens is 290 g/mol. The Morgan fingerprint density at radius 2 is 1.35 bits per heavy atom. The largest absolute Gasteiger partial charge is 0.497 e. The molecule has 1 N–H and O–H groups in total. The Hall–Kier alpha value is -2.49. The van der Waals surface area contributed by atoms with Crippen molar-refractivity contribution in [1.29, 1.82) is 0 Å². The summed E-state index contributed by atoms with van der Waals surface area (Å²) in [5.74, 6) is 1.71. The molecule has 0 aliphatic heterocycles. The van der Waals surface area contributed by atoms with Gasteiger partial charge in [0.25, 0.3) is 5.91 Å². The van der Waals surface area contributed by atoms with E-state index in [9.17, 15) is 4.79 Å². The summed E-state index contributed by atoms with van der Waals surface area (Å²) in [5, 5.41) is 3.10. The molecule has 122 valence electrons. The van der Waals surface area contributed by atoms with Crippen molar-refractivity contribution in [3.8, 4) is 11.5 Å². The third-order valence-corrected chi connectivity index (χ3v) is 3.78. The molecule has 4 heteroatoms. The molecular formula is C19H23NO3. The average Bonchev–Trinajstić information content (AvgIpc) is 2.59. The number of hydrogen-bond donors (Lipinski definition) is 1. The lowest BCUT2D eigenvalue weighted by Crippen LogP contribution is -2.31. The normalized spacial score (nSPS) is 11.9. The molecule has 0 fully saturated rings. The summed E-state index contributed by atoms with van der Waals surface area (Å²) in [7, 11) is 3.24. The van der Waals surface area contributed by atoms with E-state index in [0.717, 1.165) is 17.1 Å². The number of ether oxygens (including phenoxy) is 2. The van der Waals surface area contributed by atoms with Crippen LogP contribution in [0.15, 0.2) is 48.5 Å². The molecule has 0 spiro atoms. The Morgan fingerprint density at radius 3 is 1.78 bits per heavy atom. The lowest BCUT2D eigenvalue weighted by molar-refractivity contribution is 0.0925. The van der Waals surface area contributed by atoms with Crippen molar-refractivity contribution in [2.24, 2.45) is 5.92 Å². The van der Waals surface area contributed by atoms with Gasteiger partial charge in [-0.25, -0.2) is 0 Å². The van der Waals surface area contributed by atoms with Crippen LogP contribution in [0, 0.1) is 5.92 Å². The molecule has 1 atom stereocenters. The van der Waals surface area contributed by atoms with Crippen molar-refractivity contribution in [3.63, 3.8) is 0 Å². The maximum absolute atomic E-state index is 12.5. The summed E-state index contributed by atoms with van der Waals surface area (Å²) in [6, 6.07) is 14.8. The SMILES string of the molecule is COc1ccc(C(=O)NC(c2ccc(OC)cc2)C(C)C)cc1. The first kappa shape index (κ1) is 16.9. The van der Waals surface area contributed by atoms with Crippen LogP contribution in [0.5, 0.6) is 11.5 Å². The van der Waals surface area contributed by atoms with Gasteiger partial charge >= 0.3 is 0 Å². The number of carbonyl (C=O) groups excluding carboxylic acids is 1. The van der Waals surface area contributed by atoms with E-state index in [0.29, 0.717) is 5.56 Å². The second kappa shape index (κ2) is 7.68. The molecule has 1 unspecified atom stereocenters. The fraction of sp³-hybridized carbons (Fsp3) is 0.316. The number of amides is 1. The maximum atomic E-state index is 12.5. The van der Waals surface area contributed by atoms with Crippen LogP contribution in [-0.4, -0.2) is 20.1 Å². The minimum atomic E-state index is -0.0952. The number of hydrogen-bond acceptors (Lipinski definition) is 3. The van der Waals surface area contributed by atoms with Crippen LogP contribution in [0.25, 0.3) is 0 Å². The molecule has 0 saturated carbocycles. The van der Waals surface area contributed by atoms with Crippen molar-refractivity contribution in [3.05, 3.63) is 59.7 Å². The van der Waals surface area contributed by atoms with E-state index >= 15 is 0 Å². The third-order valence-electron chi connectivity index (χ3n) is 3.78. The molecule has 2 aromatic carbocycles. The highest BCUT2D eigenvalue weighted by molar-refractivity contribution is 5.94. The van der Waals surface area contributed by atoms with Gasteiger partial charge in [0.2, 0.25) is 0 Å². The minimum absolute atomic E-state index is 0.0597. The van der Waals surface area contributed by atoms with Gasteiger partial charge in [-0.1, -0.05) is 26.0 Å². The van der Waals surface area contributed by atoms with Crippen molar-refractivity contribution < 1.29 is 14.3 Å². The van der Waals surface area contributed by atoms with Crippen molar-refractivity contribution in [2.75, 3.05) is 14.2 Å². The molecule has 4 nitrogen and oxygen atoms in total. The monoisotopic (exact) mass is 313 g/mol. The molecule has 0 bridgehead atoms. The number of carbonyl (C=O) groups is 1. The van der Waals surface area contributed by atoms with Crippen molar-refractivity contribution in [1.82, 2.24) is 5.32 Å². The molecule has 23 heavy (non-hydrogen) atoms. The first-order valence-electron chi connectivity index (χ1n) is 7.64. The quantitative estimate of drug-likeness (QED) is 0.881. The Kier molecular flexibility index (Phi) is 5.63. The topological polar surface area (TPSA) is 47.6 Å². The summed E-state index contributed by atoms with van der Waals surface area (Å²) >= 11 is 0. The first-order valence-corrected chi connectivity index (χ1v) is 7.64. The van der Waals surface area contributed by atoms with Crippen LogP contribution in [-0.2, 0) is 0 Å². The Bertz CT molecular complexity index is 633. The number of benzene rings is 2. The van der Waals surface area contributed by atoms with Crippen molar-refractivity contribution >= 4 is 5.91 Å². The van der Waals surface area contributed by atoms with Gasteiger partial charge in [-0.05, 0) is 47.9 Å². The van der Waals surface area contributed by atoms with Gasteiger partial charge in [-0.3, -0.25) is 4.79 Å². The zero-order valence-electron chi connectivity index (χ0n) is 14.0. The summed E-state index contributed by atoms with van der Waals surface area (Å²) in [4.78, 5) is 12.5. The maximum Gasteiger partial charge on any atom is 0.251 e. The molecule has 1 amide bonds. The minimum Gasteiger partial charge on any atom is -0.497 e. The van der Waals surface area contributed by atoms with Gasteiger partial charge in [0.05, 0.1) is 20.3 Å². The van der Waals surface area contributed by atoms with Gasteiger partial charge in [-0.2, -0.15) is 0 Å². The van der Waals surface area contributed by atoms with E-state index in [1.54, 1.807) is 38.5 Å². The third kappa shape index (κ3) is 4.25. The molecule has 0 aliphatic rings. The number of methoxy groups -OCH3 is 2. The zero-order valence-corrected chi connectivity index (χ0v) is 14.0. The molecule has 0 aliphatic carbocycles. The van der Waals surface area contributed by atoms with E-state index in [2.05, 4.69) is 19.2 Å². The summed E-state index contributed by atoms with van der Waals surface area (Å²) < 4.78 is 10.3. The van der Waals surface area contributed by atoms with Crippen molar-refractivity contribution in [2.45, 2.75) is 19.9 Å². The molecule has 2 rings (SSSR count). The Morgan fingerprint density at radius 1 is 0.870 bits per heavy atom. The summed E-state index contributed by atoms with van der Waals surface area (Å²) in [6.07, 6.45) is 0. The van der Waals surface area contributed by atoms with E-state index in [-0.39, 0.29) is 17.9 Å². The van der Waals surface area contributed by atoms with Gasteiger partial charge in [0.1, 0.15) is 11.5 Å². The molecule has 0 radical (unpaired) electrons. The van der Waals surface area contributed by atoms with Crippen LogP contribution >= 0.6 is 0 Å². The molecule has 2 aromatic rings. The Balaban J connectivity index is 2.15. The van der Waals surface area contributed by atoms with Crippen LogP contribution in [0.3, 0.4) is 0 Å². The van der Waals surface area contributed by atoms with Crippen LogP contribution < -0.4 is 14.8 Å².